The molecule has 100 valence electrons. The van der Waals surface area contributed by atoms with Crippen LogP contribution in [0.1, 0.15) is 25.8 Å². The highest BCUT2D eigenvalue weighted by Gasteiger charge is 2.13. The summed E-state index contributed by atoms with van der Waals surface area (Å²) >= 11 is 0. The average Bonchev–Trinajstić information content (AvgIpc) is 2.42. The van der Waals surface area contributed by atoms with Crippen LogP contribution in [0.4, 0.5) is 0 Å². The molecule has 0 aliphatic rings. The minimum Gasteiger partial charge on any atom is -0.0628 e. The van der Waals surface area contributed by atoms with Gasteiger partial charge in [-0.15, -0.1) is 0 Å². The molecule has 0 heterocycles. The van der Waals surface area contributed by atoms with Crippen molar-refractivity contribution in [2.45, 2.75) is 27.2 Å². The van der Waals surface area contributed by atoms with E-state index in [1.54, 1.807) is 0 Å². The summed E-state index contributed by atoms with van der Waals surface area (Å²) in [4.78, 5) is 0. The normalized spacial score (nSPS) is 12.6. The van der Waals surface area contributed by atoms with E-state index in [1.807, 2.05) is 0 Å². The van der Waals surface area contributed by atoms with Crippen molar-refractivity contribution in [1.82, 2.24) is 0 Å². The van der Waals surface area contributed by atoms with E-state index in [0.717, 1.165) is 5.92 Å². The maximum Gasteiger partial charge on any atom is -0.0195 e. The first-order valence-electron chi connectivity index (χ1n) is 7.06. The average molecular weight is 270 g/mol. The molecule has 1 atom stereocenters. The van der Waals surface area contributed by atoms with Gasteiger partial charge in [0.05, 0.1) is 0 Å². The van der Waals surface area contributed by atoms with E-state index in [-0.39, 0.29) is 7.92 Å². The molecule has 2 rings (SSSR count). The maximum absolute atomic E-state index is 2.31. The molecular formula is C18H23P. The van der Waals surface area contributed by atoms with Crippen LogP contribution < -0.4 is 10.6 Å². The monoisotopic (exact) mass is 270 g/mol. The van der Waals surface area contributed by atoms with Gasteiger partial charge in [-0.05, 0) is 44.0 Å². The fourth-order valence-electron chi connectivity index (χ4n) is 2.13. The molecule has 1 heteroatoms. The third-order valence-electron chi connectivity index (χ3n) is 3.34. The van der Waals surface area contributed by atoms with E-state index in [9.17, 15) is 0 Å². The van der Waals surface area contributed by atoms with Crippen LogP contribution in [-0.4, -0.2) is 6.16 Å². The zero-order chi connectivity index (χ0) is 13.7. The number of hydrogen-bond donors (Lipinski definition) is 0. The lowest BCUT2D eigenvalue weighted by Gasteiger charge is -2.20. The largest absolute Gasteiger partial charge is 0.0628 e. The van der Waals surface area contributed by atoms with Gasteiger partial charge in [-0.2, -0.15) is 0 Å². The van der Waals surface area contributed by atoms with Gasteiger partial charge in [-0.3, -0.25) is 0 Å². The molecule has 0 radical (unpaired) electrons. The lowest BCUT2D eigenvalue weighted by Crippen LogP contribution is -2.14. The van der Waals surface area contributed by atoms with Crippen LogP contribution >= 0.6 is 7.92 Å². The molecule has 0 spiro atoms. The fraction of sp³-hybridized carbons (Fsp3) is 0.333. The zero-order valence-corrected chi connectivity index (χ0v) is 13.0. The van der Waals surface area contributed by atoms with Crippen LogP contribution in [0.5, 0.6) is 0 Å². The Balaban J connectivity index is 2.26. The van der Waals surface area contributed by atoms with Gasteiger partial charge in [0.2, 0.25) is 0 Å². The summed E-state index contributed by atoms with van der Waals surface area (Å²) in [5.74, 6) is 0.777. The molecule has 0 aromatic heterocycles. The summed E-state index contributed by atoms with van der Waals surface area (Å²) in [5, 5.41) is 3.01. The Bertz CT molecular complexity index is 485. The first-order valence-corrected chi connectivity index (χ1v) is 8.59. The van der Waals surface area contributed by atoms with Crippen molar-refractivity contribution in [3.8, 4) is 0 Å². The summed E-state index contributed by atoms with van der Waals surface area (Å²) in [7, 11) is -0.196. The number of aryl methyl sites for hydroxylation is 1. The minimum atomic E-state index is -0.196. The zero-order valence-electron chi connectivity index (χ0n) is 12.1. The van der Waals surface area contributed by atoms with Crippen LogP contribution in [0.2, 0.25) is 0 Å². The van der Waals surface area contributed by atoms with E-state index < -0.39 is 0 Å². The van der Waals surface area contributed by atoms with Crippen molar-refractivity contribution in [3.63, 3.8) is 0 Å². The summed E-state index contributed by atoms with van der Waals surface area (Å²) in [5.41, 5.74) is 1.34. The SMILES string of the molecule is Cc1ccc(P(CCC(C)C)c2ccccc2)cc1. The Kier molecular flexibility index (Phi) is 5.16. The van der Waals surface area contributed by atoms with E-state index in [1.165, 1.54) is 28.8 Å². The summed E-state index contributed by atoms with van der Waals surface area (Å²) in [6.07, 6.45) is 2.59. The Morgan fingerprint density at radius 3 is 2.00 bits per heavy atom. The third kappa shape index (κ3) is 4.18. The smallest absolute Gasteiger partial charge is 0.0195 e. The molecule has 1 unspecified atom stereocenters. The van der Waals surface area contributed by atoms with Gasteiger partial charge < -0.3 is 0 Å². The van der Waals surface area contributed by atoms with Gasteiger partial charge >= 0.3 is 0 Å². The Morgan fingerprint density at radius 2 is 1.42 bits per heavy atom. The van der Waals surface area contributed by atoms with Crippen molar-refractivity contribution in [1.29, 1.82) is 0 Å². The highest BCUT2D eigenvalue weighted by atomic mass is 31.1. The first kappa shape index (κ1) is 14.3. The fourth-order valence-corrected chi connectivity index (χ4v) is 4.76. The maximum atomic E-state index is 2.31. The molecule has 0 aliphatic heterocycles. The molecule has 0 N–H and O–H groups in total. The van der Waals surface area contributed by atoms with Gasteiger partial charge in [0.1, 0.15) is 0 Å². The molecular weight excluding hydrogens is 247 g/mol. The van der Waals surface area contributed by atoms with Gasteiger partial charge in [0, 0.05) is 0 Å². The molecule has 19 heavy (non-hydrogen) atoms. The van der Waals surface area contributed by atoms with Gasteiger partial charge in [-0.1, -0.05) is 74.0 Å². The van der Waals surface area contributed by atoms with Crippen molar-refractivity contribution in [2.75, 3.05) is 6.16 Å². The molecule has 2 aromatic carbocycles. The molecule has 0 amide bonds. The van der Waals surface area contributed by atoms with Crippen molar-refractivity contribution in [2.24, 2.45) is 5.92 Å². The second kappa shape index (κ2) is 6.87. The van der Waals surface area contributed by atoms with Gasteiger partial charge in [-0.25, -0.2) is 0 Å². The summed E-state index contributed by atoms with van der Waals surface area (Å²) < 4.78 is 0. The highest BCUT2D eigenvalue weighted by Crippen LogP contribution is 2.35. The molecule has 0 saturated heterocycles. The van der Waals surface area contributed by atoms with E-state index in [0.29, 0.717) is 0 Å². The van der Waals surface area contributed by atoms with Crippen LogP contribution in [0.15, 0.2) is 54.6 Å². The third-order valence-corrected chi connectivity index (χ3v) is 5.89. The number of hydrogen-bond acceptors (Lipinski definition) is 0. The number of benzene rings is 2. The Labute approximate surface area is 118 Å². The minimum absolute atomic E-state index is 0.196. The first-order chi connectivity index (χ1) is 9.16. The second-order valence-electron chi connectivity index (χ2n) is 5.51. The van der Waals surface area contributed by atoms with E-state index in [4.69, 9.17) is 0 Å². The van der Waals surface area contributed by atoms with E-state index >= 15 is 0 Å². The standard InChI is InChI=1S/C18H23P/c1-15(2)13-14-19(17-7-5-4-6-8-17)18-11-9-16(3)10-12-18/h4-12,15H,13-14H2,1-3H3. The second-order valence-corrected chi connectivity index (χ2v) is 7.84. The molecule has 0 saturated carbocycles. The Morgan fingerprint density at radius 1 is 0.842 bits per heavy atom. The molecule has 0 bridgehead atoms. The predicted octanol–water partition coefficient (Wildman–Crippen LogP) is 4.47. The van der Waals surface area contributed by atoms with Crippen LogP contribution in [-0.2, 0) is 0 Å². The van der Waals surface area contributed by atoms with Crippen molar-refractivity contribution in [3.05, 3.63) is 60.2 Å². The van der Waals surface area contributed by atoms with Crippen LogP contribution in [0.3, 0.4) is 0 Å². The molecule has 0 aliphatic carbocycles. The van der Waals surface area contributed by atoms with Crippen LogP contribution in [0, 0.1) is 12.8 Å². The lowest BCUT2D eigenvalue weighted by atomic mass is 10.2. The predicted molar refractivity (Wildman–Crippen MR) is 88.1 cm³/mol. The van der Waals surface area contributed by atoms with E-state index in [2.05, 4.69) is 75.4 Å². The highest BCUT2D eigenvalue weighted by molar-refractivity contribution is 7.73. The molecule has 0 nitrogen and oxygen atoms in total. The Hall–Kier alpha value is -1.13. The van der Waals surface area contributed by atoms with Crippen molar-refractivity contribution < 1.29 is 0 Å². The summed E-state index contributed by atoms with van der Waals surface area (Å²) in [6, 6.07) is 20.1. The van der Waals surface area contributed by atoms with Gasteiger partial charge in [0.25, 0.3) is 0 Å². The lowest BCUT2D eigenvalue weighted by molar-refractivity contribution is 0.631. The summed E-state index contributed by atoms with van der Waals surface area (Å²) in [6.45, 7) is 6.78. The molecule has 0 fully saturated rings. The van der Waals surface area contributed by atoms with Crippen LogP contribution in [0.25, 0.3) is 0 Å². The topological polar surface area (TPSA) is 0 Å². The quantitative estimate of drug-likeness (QED) is 0.703. The number of rotatable bonds is 5. The van der Waals surface area contributed by atoms with Gasteiger partial charge in [0.15, 0.2) is 0 Å². The molecule has 2 aromatic rings. The van der Waals surface area contributed by atoms with Crippen molar-refractivity contribution >= 4 is 18.5 Å².